The van der Waals surface area contributed by atoms with Crippen LogP contribution in [0.25, 0.3) is 0 Å². The Balaban J connectivity index is 2.11. The molecule has 0 bridgehead atoms. The van der Waals surface area contributed by atoms with Crippen LogP contribution in [0.4, 0.5) is 0 Å². The highest BCUT2D eigenvalue weighted by atomic mass is 16.3. The summed E-state index contributed by atoms with van der Waals surface area (Å²) >= 11 is 0. The maximum absolute atomic E-state index is 9.69. The molecule has 0 aromatic rings. The highest BCUT2D eigenvalue weighted by molar-refractivity contribution is 4.89. The molecule has 66 valence electrons. The lowest BCUT2D eigenvalue weighted by Crippen LogP contribution is -2.48. The van der Waals surface area contributed by atoms with Crippen molar-refractivity contribution in [2.75, 3.05) is 6.54 Å². The molecule has 0 saturated heterocycles. The molecule has 0 heterocycles. The number of nitrogens with one attached hydrogen (secondary N) is 1. The van der Waals surface area contributed by atoms with Gasteiger partial charge in [0, 0.05) is 12.6 Å². The first kappa shape index (κ1) is 9.01. The van der Waals surface area contributed by atoms with Crippen LogP contribution < -0.4 is 5.32 Å². The Labute approximate surface area is 69.0 Å². The third-order valence-electron chi connectivity index (χ3n) is 2.68. The van der Waals surface area contributed by atoms with E-state index < -0.39 is 0 Å². The second-order valence-corrected chi connectivity index (χ2v) is 3.77. The summed E-state index contributed by atoms with van der Waals surface area (Å²) in [5.41, 5.74) is -0.358. The zero-order valence-electron chi connectivity index (χ0n) is 7.56. The smallest absolute Gasteiger partial charge is 0.0771 e. The quantitative estimate of drug-likeness (QED) is 0.644. The second kappa shape index (κ2) is 3.55. The van der Waals surface area contributed by atoms with Crippen LogP contribution in [-0.2, 0) is 0 Å². The van der Waals surface area contributed by atoms with Crippen molar-refractivity contribution in [3.8, 4) is 0 Å². The van der Waals surface area contributed by atoms with Crippen molar-refractivity contribution in [3.63, 3.8) is 0 Å². The van der Waals surface area contributed by atoms with Gasteiger partial charge in [-0.3, -0.25) is 0 Å². The summed E-state index contributed by atoms with van der Waals surface area (Å²) in [5, 5.41) is 13.0. The normalized spacial score (nSPS) is 24.3. The van der Waals surface area contributed by atoms with Crippen molar-refractivity contribution in [3.05, 3.63) is 0 Å². The van der Waals surface area contributed by atoms with Crippen molar-refractivity contribution in [2.45, 2.75) is 51.2 Å². The van der Waals surface area contributed by atoms with Crippen LogP contribution in [-0.4, -0.2) is 23.3 Å². The molecule has 0 aromatic heterocycles. The fourth-order valence-electron chi connectivity index (χ4n) is 1.27. The van der Waals surface area contributed by atoms with Gasteiger partial charge in [-0.15, -0.1) is 0 Å². The van der Waals surface area contributed by atoms with Crippen LogP contribution in [0.3, 0.4) is 0 Å². The lowest BCUT2D eigenvalue weighted by molar-refractivity contribution is -0.0329. The highest BCUT2D eigenvalue weighted by Crippen LogP contribution is 2.30. The van der Waals surface area contributed by atoms with E-state index in [9.17, 15) is 5.11 Å². The first-order valence-corrected chi connectivity index (χ1v) is 4.62. The fraction of sp³-hybridized carbons (Fsp3) is 1.00. The number of rotatable bonds is 4. The summed E-state index contributed by atoms with van der Waals surface area (Å²) in [6, 6.07) is 0.541. The van der Waals surface area contributed by atoms with E-state index in [0.29, 0.717) is 6.04 Å². The molecule has 0 amide bonds. The standard InChI is InChI=1S/C9H19NO/c1-3-8(2)10-7-9(11)5-4-6-9/h8,10-11H,3-7H2,1-2H3. The largest absolute Gasteiger partial charge is 0.389 e. The number of aliphatic hydroxyl groups is 1. The van der Waals surface area contributed by atoms with Crippen LogP contribution in [0.15, 0.2) is 0 Å². The van der Waals surface area contributed by atoms with Gasteiger partial charge >= 0.3 is 0 Å². The summed E-state index contributed by atoms with van der Waals surface area (Å²) in [6.45, 7) is 5.09. The molecule has 2 nitrogen and oxygen atoms in total. The minimum absolute atomic E-state index is 0.358. The monoisotopic (exact) mass is 157 g/mol. The van der Waals surface area contributed by atoms with Crippen LogP contribution >= 0.6 is 0 Å². The fourth-order valence-corrected chi connectivity index (χ4v) is 1.27. The minimum Gasteiger partial charge on any atom is -0.389 e. The van der Waals surface area contributed by atoms with Crippen LogP contribution in [0.1, 0.15) is 39.5 Å². The van der Waals surface area contributed by atoms with Gasteiger partial charge in [-0.1, -0.05) is 6.92 Å². The van der Waals surface area contributed by atoms with Crippen molar-refractivity contribution in [1.82, 2.24) is 5.32 Å². The van der Waals surface area contributed by atoms with Gasteiger partial charge in [0.2, 0.25) is 0 Å². The molecular formula is C9H19NO. The molecule has 1 rings (SSSR count). The lowest BCUT2D eigenvalue weighted by Gasteiger charge is -2.37. The van der Waals surface area contributed by atoms with E-state index in [4.69, 9.17) is 0 Å². The predicted octanol–water partition coefficient (Wildman–Crippen LogP) is 1.29. The van der Waals surface area contributed by atoms with Gasteiger partial charge in [0.1, 0.15) is 0 Å². The zero-order valence-corrected chi connectivity index (χ0v) is 7.56. The minimum atomic E-state index is -0.358. The molecule has 1 atom stereocenters. The van der Waals surface area contributed by atoms with Gasteiger partial charge in [-0.05, 0) is 32.6 Å². The molecule has 2 heteroatoms. The molecule has 0 aromatic carbocycles. The van der Waals surface area contributed by atoms with Crippen LogP contribution in [0.2, 0.25) is 0 Å². The molecule has 1 aliphatic carbocycles. The molecule has 0 radical (unpaired) electrons. The molecular weight excluding hydrogens is 138 g/mol. The molecule has 1 saturated carbocycles. The van der Waals surface area contributed by atoms with Crippen LogP contribution in [0, 0.1) is 0 Å². The van der Waals surface area contributed by atoms with E-state index in [2.05, 4.69) is 19.2 Å². The van der Waals surface area contributed by atoms with E-state index in [1.165, 1.54) is 6.42 Å². The van der Waals surface area contributed by atoms with E-state index in [0.717, 1.165) is 25.8 Å². The Hall–Kier alpha value is -0.0800. The molecule has 0 aliphatic heterocycles. The average molecular weight is 157 g/mol. The van der Waals surface area contributed by atoms with E-state index in [1.54, 1.807) is 0 Å². The highest BCUT2D eigenvalue weighted by Gasteiger charge is 2.33. The maximum Gasteiger partial charge on any atom is 0.0771 e. The predicted molar refractivity (Wildman–Crippen MR) is 46.6 cm³/mol. The summed E-state index contributed by atoms with van der Waals surface area (Å²) in [4.78, 5) is 0. The summed E-state index contributed by atoms with van der Waals surface area (Å²) < 4.78 is 0. The Morgan fingerprint density at radius 1 is 1.55 bits per heavy atom. The molecule has 11 heavy (non-hydrogen) atoms. The van der Waals surface area contributed by atoms with E-state index >= 15 is 0 Å². The van der Waals surface area contributed by atoms with E-state index in [1.807, 2.05) is 0 Å². The van der Waals surface area contributed by atoms with Crippen molar-refractivity contribution >= 4 is 0 Å². The van der Waals surface area contributed by atoms with Gasteiger partial charge in [0.15, 0.2) is 0 Å². The second-order valence-electron chi connectivity index (χ2n) is 3.77. The average Bonchev–Trinajstić information content (AvgIpc) is 1.96. The molecule has 1 unspecified atom stereocenters. The first-order valence-electron chi connectivity index (χ1n) is 4.62. The first-order chi connectivity index (χ1) is 5.16. The Kier molecular flexibility index (Phi) is 2.90. The topological polar surface area (TPSA) is 32.3 Å². The number of hydrogen-bond donors (Lipinski definition) is 2. The van der Waals surface area contributed by atoms with Gasteiger partial charge in [-0.2, -0.15) is 0 Å². The lowest BCUT2D eigenvalue weighted by atomic mass is 9.80. The van der Waals surface area contributed by atoms with Crippen LogP contribution in [0.5, 0.6) is 0 Å². The summed E-state index contributed by atoms with van der Waals surface area (Å²) in [7, 11) is 0. The Morgan fingerprint density at radius 2 is 2.18 bits per heavy atom. The maximum atomic E-state index is 9.69. The van der Waals surface area contributed by atoms with Gasteiger partial charge in [0.25, 0.3) is 0 Å². The van der Waals surface area contributed by atoms with Crippen molar-refractivity contribution in [1.29, 1.82) is 0 Å². The van der Waals surface area contributed by atoms with Gasteiger partial charge < -0.3 is 10.4 Å². The third kappa shape index (κ3) is 2.46. The van der Waals surface area contributed by atoms with Gasteiger partial charge in [0.05, 0.1) is 5.60 Å². The summed E-state index contributed by atoms with van der Waals surface area (Å²) in [6.07, 6.45) is 4.29. The number of hydrogen-bond acceptors (Lipinski definition) is 2. The third-order valence-corrected chi connectivity index (χ3v) is 2.68. The molecule has 1 aliphatic rings. The molecule has 0 spiro atoms. The Bertz CT molecular complexity index is 121. The zero-order chi connectivity index (χ0) is 8.32. The van der Waals surface area contributed by atoms with Crippen molar-refractivity contribution < 1.29 is 5.11 Å². The molecule has 1 fully saturated rings. The SMILES string of the molecule is CCC(C)NCC1(O)CCC1. The van der Waals surface area contributed by atoms with Gasteiger partial charge in [-0.25, -0.2) is 0 Å². The molecule has 2 N–H and O–H groups in total. The van der Waals surface area contributed by atoms with Crippen molar-refractivity contribution in [2.24, 2.45) is 0 Å². The Morgan fingerprint density at radius 3 is 2.55 bits per heavy atom. The summed E-state index contributed by atoms with van der Waals surface area (Å²) in [5.74, 6) is 0. The van der Waals surface area contributed by atoms with E-state index in [-0.39, 0.29) is 5.60 Å².